The monoisotopic (exact) mass is 694 g/mol. The summed E-state index contributed by atoms with van der Waals surface area (Å²) in [5.74, 6) is -6.03. The van der Waals surface area contributed by atoms with E-state index in [0.717, 1.165) is 0 Å². The quantitative estimate of drug-likeness (QED) is 0.133. The summed E-state index contributed by atoms with van der Waals surface area (Å²) in [5.41, 5.74) is -0.120. The number of Topliss-reactive ketones (excluding diaryl/α,β-unsaturated/α-hetero) is 1. The number of aliphatic hydroxyl groups excluding tert-OH is 2. The van der Waals surface area contributed by atoms with Gasteiger partial charge in [-0.15, -0.1) is 0 Å². The van der Waals surface area contributed by atoms with Crippen LogP contribution in [0.25, 0.3) is 10.8 Å². The second-order valence-corrected chi connectivity index (χ2v) is 13.6. The molecule has 6 N–H and O–H groups in total. The molecule has 0 radical (unpaired) electrons. The van der Waals surface area contributed by atoms with Gasteiger partial charge in [0.25, 0.3) is 11.7 Å². The van der Waals surface area contributed by atoms with Crippen molar-refractivity contribution in [1.82, 2.24) is 0 Å². The maximum Gasteiger partial charge on any atom is 0.312 e. The number of fused-ring (bicyclic) bond motifs is 14. The van der Waals surface area contributed by atoms with Crippen LogP contribution in [-0.4, -0.2) is 81.2 Å². The maximum absolute atomic E-state index is 14.1. The Kier molecular flexibility index (Phi) is 11.7. The lowest BCUT2D eigenvalue weighted by Crippen LogP contribution is -2.38. The highest BCUT2D eigenvalue weighted by molar-refractivity contribution is 6.23. The molecule has 2 aromatic rings. The van der Waals surface area contributed by atoms with Gasteiger partial charge in [-0.2, -0.15) is 0 Å². The van der Waals surface area contributed by atoms with Gasteiger partial charge in [0.1, 0.15) is 17.2 Å². The van der Waals surface area contributed by atoms with Crippen LogP contribution in [0.15, 0.2) is 41.1 Å². The van der Waals surface area contributed by atoms with Crippen molar-refractivity contribution in [2.45, 2.75) is 85.9 Å². The summed E-state index contributed by atoms with van der Waals surface area (Å²) in [7, 11) is 1.54. The number of allylic oxidation sites excluding steroid dienone is 2. The van der Waals surface area contributed by atoms with Crippen molar-refractivity contribution in [3.8, 4) is 23.0 Å². The lowest BCUT2D eigenvalue weighted by molar-refractivity contribution is -0.112. The molecule has 5 bridgehead atoms. The average Bonchev–Trinajstić information content (AvgIpc) is 3.34. The number of nitrogens with zero attached hydrogens (tertiary/aromatic N) is 1. The number of benzene rings is 2. The van der Waals surface area contributed by atoms with Crippen LogP contribution >= 0.6 is 0 Å². The van der Waals surface area contributed by atoms with E-state index < -0.39 is 59.0 Å². The Morgan fingerprint density at radius 1 is 1.00 bits per heavy atom. The molecule has 0 aliphatic carbocycles. The van der Waals surface area contributed by atoms with Crippen molar-refractivity contribution in [2.24, 2.45) is 28.7 Å². The van der Waals surface area contributed by atoms with Gasteiger partial charge in [0.15, 0.2) is 5.75 Å². The Morgan fingerprint density at radius 2 is 1.68 bits per heavy atom. The number of carbonyl (C=O) groups excluding carboxylic acids is 2. The summed E-state index contributed by atoms with van der Waals surface area (Å²) < 4.78 is 17.7. The van der Waals surface area contributed by atoms with E-state index in [1.807, 2.05) is 20.8 Å². The topological polar surface area (TPSA) is 187 Å². The van der Waals surface area contributed by atoms with Crippen molar-refractivity contribution in [3.05, 3.63) is 52.8 Å². The van der Waals surface area contributed by atoms with Gasteiger partial charge in [-0.3, -0.25) is 14.6 Å². The minimum atomic E-state index is -1.92. The van der Waals surface area contributed by atoms with E-state index in [0.29, 0.717) is 13.0 Å². The number of hydrogen-bond donors (Lipinski definition) is 6. The van der Waals surface area contributed by atoms with Crippen molar-refractivity contribution in [1.29, 1.82) is 0 Å². The number of phenolic OH excluding ortho intramolecular Hbond substituents is 3. The highest BCUT2D eigenvalue weighted by atomic mass is 16.7. The van der Waals surface area contributed by atoms with Gasteiger partial charge < -0.3 is 45.1 Å². The molecule has 5 rings (SSSR count). The minimum Gasteiger partial charge on any atom is -0.507 e. The first-order valence-corrected chi connectivity index (χ1v) is 16.9. The summed E-state index contributed by atoms with van der Waals surface area (Å²) >= 11 is 0. The van der Waals surface area contributed by atoms with Gasteiger partial charge >= 0.3 is 5.79 Å². The predicted molar refractivity (Wildman–Crippen MR) is 191 cm³/mol. The van der Waals surface area contributed by atoms with Crippen molar-refractivity contribution < 1.29 is 49.3 Å². The van der Waals surface area contributed by atoms with Gasteiger partial charge in [0, 0.05) is 55.2 Å². The summed E-state index contributed by atoms with van der Waals surface area (Å²) in [6.07, 6.45) is 7.44. The zero-order valence-corrected chi connectivity index (χ0v) is 30.1. The molecule has 3 aliphatic heterocycles. The first-order chi connectivity index (χ1) is 23.5. The first kappa shape index (κ1) is 38.4. The number of aliphatic imine (C=N–C) groups is 1. The molecule has 12 nitrogen and oxygen atoms in total. The van der Waals surface area contributed by atoms with E-state index in [-0.39, 0.29) is 62.2 Å². The highest BCUT2D eigenvalue weighted by Crippen LogP contribution is 2.55. The molecule has 0 unspecified atom stereocenters. The van der Waals surface area contributed by atoms with Crippen LogP contribution in [0.5, 0.6) is 23.0 Å². The maximum atomic E-state index is 14.1. The van der Waals surface area contributed by atoms with Crippen LogP contribution < -0.4 is 10.1 Å². The molecule has 12 heteroatoms. The minimum absolute atomic E-state index is 0.0399. The van der Waals surface area contributed by atoms with Crippen LogP contribution in [0.2, 0.25) is 0 Å². The third-order valence-corrected chi connectivity index (χ3v) is 9.93. The number of carbonyl (C=O) groups is 2. The van der Waals surface area contributed by atoms with E-state index in [9.17, 15) is 35.1 Å². The van der Waals surface area contributed by atoms with Crippen LogP contribution in [-0.2, 0) is 14.3 Å². The number of ketones is 1. The first-order valence-electron chi connectivity index (χ1n) is 16.9. The van der Waals surface area contributed by atoms with Crippen LogP contribution in [0.4, 0.5) is 5.69 Å². The number of rotatable bonds is 3. The lowest BCUT2D eigenvalue weighted by Gasteiger charge is -2.32. The molecule has 0 aromatic heterocycles. The number of anilines is 1. The molecule has 8 atom stereocenters. The van der Waals surface area contributed by atoms with Crippen molar-refractivity contribution >= 4 is 34.4 Å². The van der Waals surface area contributed by atoms with Gasteiger partial charge in [0.05, 0.1) is 46.8 Å². The molecular formula is C38H50N2O10. The number of aromatic hydroxyl groups is 3. The average molecular weight is 695 g/mol. The fourth-order valence-corrected chi connectivity index (χ4v) is 6.72. The number of hydrogen-bond acceptors (Lipinski definition) is 11. The summed E-state index contributed by atoms with van der Waals surface area (Å²) in [6, 6.07) is 0. The fourth-order valence-electron chi connectivity index (χ4n) is 6.72. The number of nitrogens with one attached hydrogen (secondary N) is 1. The number of phenols is 3. The molecule has 0 saturated heterocycles. The largest absolute Gasteiger partial charge is 0.507 e. The number of aliphatic hydroxyl groups is 2. The number of ether oxygens (including phenoxy) is 3. The number of methoxy groups -OCH3 is 1. The number of amides is 1. The Labute approximate surface area is 292 Å². The SMILES string of the molecule is CCN=Cc1c2c(O)c3c(O)c(C)c4c(c3c1O)C(=O)[C@@](C)(O/C=C/[C@H](OC)[C@@H](C)C[C@H](C)[C@H](O)[C@H](C)[C@@H](O)[C@@H](C)/C=C/C=C(/C)C(=O)N2)O4. The molecule has 0 saturated carbocycles. The normalized spacial score (nSPS) is 32.1. The lowest BCUT2D eigenvalue weighted by atomic mass is 9.80. The molecule has 3 aliphatic rings. The van der Waals surface area contributed by atoms with E-state index in [4.69, 9.17) is 14.2 Å². The smallest absolute Gasteiger partial charge is 0.312 e. The molecule has 272 valence electrons. The van der Waals surface area contributed by atoms with Crippen LogP contribution in [0.1, 0.15) is 76.4 Å². The molecule has 1 amide bonds. The molecule has 3 heterocycles. The van der Waals surface area contributed by atoms with Crippen LogP contribution in [0, 0.1) is 30.6 Å². The summed E-state index contributed by atoms with van der Waals surface area (Å²) in [6.45, 7) is 14.0. The van der Waals surface area contributed by atoms with Gasteiger partial charge in [-0.05, 0) is 45.1 Å². The Hall–Kier alpha value is -4.39. The molecule has 0 spiro atoms. The predicted octanol–water partition coefficient (Wildman–Crippen LogP) is 5.65. The van der Waals surface area contributed by atoms with E-state index in [1.54, 1.807) is 39.0 Å². The van der Waals surface area contributed by atoms with E-state index in [1.165, 1.54) is 39.5 Å². The fraction of sp³-hybridized carbons (Fsp3) is 0.500. The zero-order chi connectivity index (χ0) is 37.2. The third-order valence-electron chi connectivity index (χ3n) is 9.93. The Balaban J connectivity index is 1.93. The van der Waals surface area contributed by atoms with Gasteiger partial charge in [-0.1, -0.05) is 45.9 Å². The van der Waals surface area contributed by atoms with Crippen molar-refractivity contribution in [3.63, 3.8) is 0 Å². The summed E-state index contributed by atoms with van der Waals surface area (Å²) in [4.78, 5) is 31.7. The van der Waals surface area contributed by atoms with Gasteiger partial charge in [-0.25, -0.2) is 0 Å². The Morgan fingerprint density at radius 3 is 2.32 bits per heavy atom. The van der Waals surface area contributed by atoms with Crippen molar-refractivity contribution in [2.75, 3.05) is 19.0 Å². The standard InChI is InChI=1S/C38H50N2O10/c1-10-39-17-24-29-34(45)27-26(33(24)44)28-35(23(7)32(27)43)50-38(8,36(28)46)49-15-14-25(48-9)20(4)16-21(5)31(42)22(6)30(41)18(2)12-11-13-19(3)37(47)40-29/h11-15,17-18,20-22,25,30-31,41-45H,10,16H2,1-9H3,(H,40,47)/b12-11+,15-14+,19-13-,39-17?/t18-,20-,21-,22+,25-,30-,31-,38-/m0/s1. The summed E-state index contributed by atoms with van der Waals surface area (Å²) in [5, 5.41) is 59.1. The zero-order valence-electron chi connectivity index (χ0n) is 30.1. The molecule has 50 heavy (non-hydrogen) atoms. The van der Waals surface area contributed by atoms with Gasteiger partial charge in [0.2, 0.25) is 0 Å². The highest BCUT2D eigenvalue weighted by Gasteiger charge is 2.49. The van der Waals surface area contributed by atoms with E-state index >= 15 is 0 Å². The molecular weight excluding hydrogens is 644 g/mol. The van der Waals surface area contributed by atoms with Crippen LogP contribution in [0.3, 0.4) is 0 Å². The second-order valence-electron chi connectivity index (χ2n) is 13.6. The Bertz CT molecular complexity index is 1760. The molecule has 2 aromatic carbocycles. The van der Waals surface area contributed by atoms with E-state index in [2.05, 4.69) is 10.3 Å². The third kappa shape index (κ3) is 7.10. The second kappa shape index (κ2) is 15.2. The molecule has 0 fully saturated rings.